The van der Waals surface area contributed by atoms with Crippen molar-refractivity contribution < 1.29 is 14.7 Å². The van der Waals surface area contributed by atoms with Crippen molar-refractivity contribution in [3.05, 3.63) is 39.2 Å². The molecule has 19 heavy (non-hydrogen) atoms. The average Bonchev–Trinajstić information content (AvgIpc) is 2.60. The molecule has 1 aliphatic rings. The topological polar surface area (TPSA) is 57.6 Å². The van der Waals surface area contributed by atoms with Crippen LogP contribution < -0.4 is 0 Å². The van der Waals surface area contributed by atoms with E-state index < -0.39 is 12.5 Å². The number of thioether (sulfide) groups is 1. The number of halogens is 1. The molecule has 1 fully saturated rings. The van der Waals surface area contributed by atoms with Crippen molar-refractivity contribution in [2.75, 3.05) is 6.54 Å². The van der Waals surface area contributed by atoms with E-state index >= 15 is 0 Å². The summed E-state index contributed by atoms with van der Waals surface area (Å²) < 4.78 is 1.13. The molecule has 0 atom stereocenters. The quantitative estimate of drug-likeness (QED) is 0.665. The highest BCUT2D eigenvalue weighted by molar-refractivity contribution is 9.10. The summed E-state index contributed by atoms with van der Waals surface area (Å²) in [7, 11) is 0. The number of nitrogens with zero attached hydrogens (tertiary/aromatic N) is 1. The molecule has 0 saturated carbocycles. The summed E-state index contributed by atoms with van der Waals surface area (Å²) in [5, 5.41) is 8.74. The Bertz CT molecular complexity index is 600. The largest absolute Gasteiger partial charge is 0.480 e. The minimum Gasteiger partial charge on any atom is -0.480 e. The zero-order valence-corrected chi connectivity index (χ0v) is 12.7. The molecule has 1 amide bonds. The van der Waals surface area contributed by atoms with Crippen molar-refractivity contribution in [1.29, 1.82) is 0 Å². The van der Waals surface area contributed by atoms with Crippen LogP contribution in [-0.2, 0) is 9.59 Å². The van der Waals surface area contributed by atoms with Crippen molar-refractivity contribution >= 4 is 62.2 Å². The number of rotatable bonds is 3. The van der Waals surface area contributed by atoms with E-state index in [1.54, 1.807) is 6.08 Å². The lowest BCUT2D eigenvalue weighted by Gasteiger charge is -2.10. The number of carbonyl (C=O) groups excluding carboxylic acids is 1. The van der Waals surface area contributed by atoms with Crippen LogP contribution in [0.2, 0.25) is 0 Å². The highest BCUT2D eigenvalue weighted by atomic mass is 79.9. The molecule has 98 valence electrons. The third kappa shape index (κ3) is 3.23. The first-order chi connectivity index (χ1) is 8.99. The molecule has 2 rings (SSSR count). The number of benzene rings is 1. The number of amides is 1. The number of carboxylic acids is 1. The molecule has 1 saturated heterocycles. The summed E-state index contributed by atoms with van der Waals surface area (Å²) in [6.07, 6.45) is 1.70. The van der Waals surface area contributed by atoms with Crippen molar-refractivity contribution in [3.63, 3.8) is 0 Å². The lowest BCUT2D eigenvalue weighted by molar-refractivity contribution is -0.140. The van der Waals surface area contributed by atoms with Gasteiger partial charge in [0.05, 0.1) is 4.91 Å². The maximum atomic E-state index is 12.0. The SMILES string of the molecule is O=C(O)CN1C(=O)/C(=C/c2ccccc2Br)SC1=S. The average molecular weight is 358 g/mol. The van der Waals surface area contributed by atoms with Crippen LogP contribution in [0, 0.1) is 0 Å². The molecule has 0 spiro atoms. The summed E-state index contributed by atoms with van der Waals surface area (Å²) in [6, 6.07) is 7.45. The van der Waals surface area contributed by atoms with Gasteiger partial charge in [-0.2, -0.15) is 0 Å². The zero-order valence-electron chi connectivity index (χ0n) is 9.50. The zero-order chi connectivity index (χ0) is 14.0. The minimum absolute atomic E-state index is 0.269. The predicted octanol–water partition coefficient (Wildman–Crippen LogP) is 2.73. The first kappa shape index (κ1) is 14.2. The second kappa shape index (κ2) is 5.85. The Hall–Kier alpha value is -1.18. The van der Waals surface area contributed by atoms with Crippen LogP contribution in [0.5, 0.6) is 0 Å². The molecule has 1 aliphatic heterocycles. The Kier molecular flexibility index (Phi) is 4.38. The number of hydrogen-bond donors (Lipinski definition) is 1. The summed E-state index contributed by atoms with van der Waals surface area (Å²) in [6.45, 7) is -0.405. The van der Waals surface area contributed by atoms with E-state index in [4.69, 9.17) is 17.3 Å². The highest BCUT2D eigenvalue weighted by Crippen LogP contribution is 2.33. The first-order valence-electron chi connectivity index (χ1n) is 5.20. The van der Waals surface area contributed by atoms with Gasteiger partial charge in [0.25, 0.3) is 5.91 Å². The highest BCUT2D eigenvalue weighted by Gasteiger charge is 2.33. The van der Waals surface area contributed by atoms with Gasteiger partial charge in [0, 0.05) is 4.47 Å². The fourth-order valence-corrected chi connectivity index (χ4v) is 3.15. The van der Waals surface area contributed by atoms with Gasteiger partial charge in [-0.15, -0.1) is 0 Å². The molecule has 1 aromatic carbocycles. The number of carbonyl (C=O) groups is 2. The third-order valence-corrected chi connectivity index (χ3v) is 4.46. The van der Waals surface area contributed by atoms with Gasteiger partial charge in [-0.25, -0.2) is 0 Å². The van der Waals surface area contributed by atoms with Crippen LogP contribution in [0.3, 0.4) is 0 Å². The Balaban J connectivity index is 2.28. The third-order valence-electron chi connectivity index (χ3n) is 2.36. The second-order valence-electron chi connectivity index (χ2n) is 3.68. The van der Waals surface area contributed by atoms with E-state index in [0.717, 1.165) is 26.7 Å². The molecular formula is C12H8BrNO3S2. The van der Waals surface area contributed by atoms with Crippen molar-refractivity contribution in [3.8, 4) is 0 Å². The molecule has 1 aromatic rings. The Morgan fingerprint density at radius 1 is 1.47 bits per heavy atom. The molecule has 0 aliphatic carbocycles. The van der Waals surface area contributed by atoms with Gasteiger partial charge in [-0.1, -0.05) is 58.1 Å². The van der Waals surface area contributed by atoms with Crippen LogP contribution in [0.25, 0.3) is 6.08 Å². The van der Waals surface area contributed by atoms with Gasteiger partial charge >= 0.3 is 5.97 Å². The second-order valence-corrected chi connectivity index (χ2v) is 6.21. The molecule has 0 bridgehead atoms. The van der Waals surface area contributed by atoms with E-state index in [1.807, 2.05) is 24.3 Å². The van der Waals surface area contributed by atoms with Crippen LogP contribution in [0.15, 0.2) is 33.6 Å². The fourth-order valence-electron chi connectivity index (χ4n) is 1.50. The number of hydrogen-bond acceptors (Lipinski definition) is 4. The van der Waals surface area contributed by atoms with Gasteiger partial charge in [0.15, 0.2) is 0 Å². The Labute approximate surface area is 127 Å². The van der Waals surface area contributed by atoms with Crippen LogP contribution >= 0.6 is 39.9 Å². The maximum absolute atomic E-state index is 12.0. The normalized spacial score (nSPS) is 17.3. The fraction of sp³-hybridized carbons (Fsp3) is 0.0833. The standard InChI is InChI=1S/C12H8BrNO3S2/c13-8-4-2-1-3-7(8)5-9-11(17)14(6-10(15)16)12(18)19-9/h1-5H,6H2,(H,15,16)/b9-5-. The lowest BCUT2D eigenvalue weighted by Crippen LogP contribution is -2.33. The van der Waals surface area contributed by atoms with E-state index in [9.17, 15) is 9.59 Å². The Morgan fingerprint density at radius 3 is 2.79 bits per heavy atom. The van der Waals surface area contributed by atoms with E-state index in [0.29, 0.717) is 4.91 Å². The summed E-state index contributed by atoms with van der Waals surface area (Å²) in [4.78, 5) is 24.2. The molecular weight excluding hydrogens is 350 g/mol. The smallest absolute Gasteiger partial charge is 0.323 e. The van der Waals surface area contributed by atoms with Crippen LogP contribution in [-0.4, -0.2) is 32.7 Å². The summed E-state index contributed by atoms with van der Waals surface area (Å²) >= 11 is 9.51. The van der Waals surface area contributed by atoms with E-state index in [-0.39, 0.29) is 10.2 Å². The summed E-state index contributed by atoms with van der Waals surface area (Å²) in [5.74, 6) is -1.45. The molecule has 0 unspecified atom stereocenters. The molecule has 7 heteroatoms. The maximum Gasteiger partial charge on any atom is 0.323 e. The number of aliphatic carboxylic acids is 1. The van der Waals surface area contributed by atoms with Crippen molar-refractivity contribution in [2.24, 2.45) is 0 Å². The number of thiocarbonyl (C=S) groups is 1. The minimum atomic E-state index is -1.08. The predicted molar refractivity (Wildman–Crippen MR) is 81.7 cm³/mol. The van der Waals surface area contributed by atoms with Gasteiger partial charge in [0.1, 0.15) is 10.9 Å². The van der Waals surface area contributed by atoms with Crippen molar-refractivity contribution in [1.82, 2.24) is 4.90 Å². The van der Waals surface area contributed by atoms with Gasteiger partial charge in [-0.3, -0.25) is 14.5 Å². The monoisotopic (exact) mass is 357 g/mol. The van der Waals surface area contributed by atoms with E-state index in [1.165, 1.54) is 0 Å². The van der Waals surface area contributed by atoms with Gasteiger partial charge in [0.2, 0.25) is 0 Å². The Morgan fingerprint density at radius 2 is 2.16 bits per heavy atom. The first-order valence-corrected chi connectivity index (χ1v) is 7.22. The molecule has 1 heterocycles. The van der Waals surface area contributed by atoms with Gasteiger partial charge < -0.3 is 5.11 Å². The molecule has 0 radical (unpaired) electrons. The summed E-state index contributed by atoms with van der Waals surface area (Å²) in [5.41, 5.74) is 0.846. The number of carboxylic acid groups (broad SMARTS) is 1. The molecule has 1 N–H and O–H groups in total. The lowest BCUT2D eigenvalue weighted by atomic mass is 10.2. The van der Waals surface area contributed by atoms with Crippen LogP contribution in [0.1, 0.15) is 5.56 Å². The molecule has 0 aromatic heterocycles. The van der Waals surface area contributed by atoms with Crippen molar-refractivity contribution in [2.45, 2.75) is 0 Å². The molecule has 4 nitrogen and oxygen atoms in total. The van der Waals surface area contributed by atoms with Crippen LogP contribution in [0.4, 0.5) is 0 Å². The van der Waals surface area contributed by atoms with E-state index in [2.05, 4.69) is 15.9 Å². The van der Waals surface area contributed by atoms with Gasteiger partial charge in [-0.05, 0) is 17.7 Å².